The Bertz CT molecular complexity index is 140. The summed E-state index contributed by atoms with van der Waals surface area (Å²) in [5.41, 5.74) is 0. The standard InChI is InChI=1S/C12H24O3/c13-9-12(10-14)15-8-4-7-11-5-2-1-3-6-11/h11-14H,1-10H2. The summed E-state index contributed by atoms with van der Waals surface area (Å²) >= 11 is 0. The minimum Gasteiger partial charge on any atom is -0.394 e. The Kier molecular flexibility index (Phi) is 6.98. The van der Waals surface area contributed by atoms with Gasteiger partial charge in [0, 0.05) is 6.61 Å². The SMILES string of the molecule is OCC(CO)OCCCC1CCCCC1. The third-order valence-electron chi connectivity index (χ3n) is 3.24. The lowest BCUT2D eigenvalue weighted by Gasteiger charge is -2.21. The first kappa shape index (κ1) is 12.9. The van der Waals surface area contributed by atoms with Crippen molar-refractivity contribution in [3.8, 4) is 0 Å². The van der Waals surface area contributed by atoms with Crippen molar-refractivity contribution in [1.29, 1.82) is 0 Å². The number of ether oxygens (including phenoxy) is 1. The van der Waals surface area contributed by atoms with Crippen molar-refractivity contribution in [2.45, 2.75) is 51.0 Å². The van der Waals surface area contributed by atoms with Crippen LogP contribution in [0.3, 0.4) is 0 Å². The highest BCUT2D eigenvalue weighted by Crippen LogP contribution is 2.27. The molecule has 3 nitrogen and oxygen atoms in total. The minimum atomic E-state index is -0.378. The van der Waals surface area contributed by atoms with Crippen LogP contribution in [0.4, 0.5) is 0 Å². The maximum absolute atomic E-state index is 8.79. The van der Waals surface area contributed by atoms with Gasteiger partial charge in [0.15, 0.2) is 0 Å². The summed E-state index contributed by atoms with van der Waals surface area (Å²) in [6.45, 7) is 0.502. The largest absolute Gasteiger partial charge is 0.394 e. The summed E-state index contributed by atoms with van der Waals surface area (Å²) in [5, 5.41) is 17.6. The first-order valence-corrected chi connectivity index (χ1v) is 6.20. The van der Waals surface area contributed by atoms with E-state index in [0.29, 0.717) is 6.61 Å². The lowest BCUT2D eigenvalue weighted by molar-refractivity contribution is -0.0219. The van der Waals surface area contributed by atoms with Gasteiger partial charge in [0.1, 0.15) is 6.10 Å². The Morgan fingerprint density at radius 2 is 1.73 bits per heavy atom. The van der Waals surface area contributed by atoms with Crippen molar-refractivity contribution in [3.63, 3.8) is 0 Å². The number of hydrogen-bond acceptors (Lipinski definition) is 3. The predicted molar refractivity (Wildman–Crippen MR) is 59.7 cm³/mol. The molecule has 0 heterocycles. The lowest BCUT2D eigenvalue weighted by Crippen LogP contribution is -2.22. The van der Waals surface area contributed by atoms with Gasteiger partial charge in [0.25, 0.3) is 0 Å². The Balaban J connectivity index is 1.95. The van der Waals surface area contributed by atoms with Gasteiger partial charge >= 0.3 is 0 Å². The molecule has 0 saturated heterocycles. The van der Waals surface area contributed by atoms with E-state index in [0.717, 1.165) is 12.3 Å². The molecule has 15 heavy (non-hydrogen) atoms. The van der Waals surface area contributed by atoms with Crippen molar-refractivity contribution < 1.29 is 14.9 Å². The van der Waals surface area contributed by atoms with Crippen LogP contribution >= 0.6 is 0 Å². The first-order chi connectivity index (χ1) is 7.36. The van der Waals surface area contributed by atoms with Gasteiger partial charge in [0.05, 0.1) is 13.2 Å². The molecule has 1 rings (SSSR count). The van der Waals surface area contributed by atoms with Crippen LogP contribution in [0.5, 0.6) is 0 Å². The molecule has 0 aromatic carbocycles. The number of hydrogen-bond donors (Lipinski definition) is 2. The molecule has 2 N–H and O–H groups in total. The molecule has 3 heteroatoms. The molecule has 0 bridgehead atoms. The maximum Gasteiger partial charge on any atom is 0.104 e. The Hall–Kier alpha value is -0.120. The number of aliphatic hydroxyl groups is 2. The van der Waals surface area contributed by atoms with Gasteiger partial charge in [-0.3, -0.25) is 0 Å². The molecule has 0 unspecified atom stereocenters. The molecule has 1 saturated carbocycles. The molecule has 0 aliphatic heterocycles. The zero-order chi connectivity index (χ0) is 10.9. The maximum atomic E-state index is 8.79. The topological polar surface area (TPSA) is 49.7 Å². The van der Waals surface area contributed by atoms with Crippen molar-refractivity contribution in [3.05, 3.63) is 0 Å². The normalized spacial score (nSPS) is 18.6. The van der Waals surface area contributed by atoms with Crippen LogP contribution in [0.15, 0.2) is 0 Å². The van der Waals surface area contributed by atoms with E-state index in [1.807, 2.05) is 0 Å². The highest BCUT2D eigenvalue weighted by molar-refractivity contribution is 4.65. The second kappa shape index (κ2) is 8.08. The van der Waals surface area contributed by atoms with Crippen LogP contribution in [-0.2, 0) is 4.74 Å². The molecular weight excluding hydrogens is 192 g/mol. The van der Waals surface area contributed by atoms with E-state index in [1.165, 1.54) is 38.5 Å². The van der Waals surface area contributed by atoms with E-state index in [1.54, 1.807) is 0 Å². The Labute approximate surface area is 92.4 Å². The smallest absolute Gasteiger partial charge is 0.104 e. The average Bonchev–Trinajstić information content (AvgIpc) is 2.31. The van der Waals surface area contributed by atoms with Gasteiger partial charge in [-0.05, 0) is 18.8 Å². The molecule has 0 spiro atoms. The van der Waals surface area contributed by atoms with Crippen LogP contribution in [-0.4, -0.2) is 36.1 Å². The van der Waals surface area contributed by atoms with Gasteiger partial charge in [-0.25, -0.2) is 0 Å². The molecule has 1 aliphatic carbocycles. The van der Waals surface area contributed by atoms with E-state index in [9.17, 15) is 0 Å². The van der Waals surface area contributed by atoms with Gasteiger partial charge < -0.3 is 14.9 Å². The van der Waals surface area contributed by atoms with Gasteiger partial charge in [0.2, 0.25) is 0 Å². The summed E-state index contributed by atoms with van der Waals surface area (Å²) in [6, 6.07) is 0. The van der Waals surface area contributed by atoms with Crippen LogP contribution in [0.1, 0.15) is 44.9 Å². The van der Waals surface area contributed by atoms with E-state index >= 15 is 0 Å². The number of rotatable bonds is 7. The Morgan fingerprint density at radius 3 is 2.33 bits per heavy atom. The van der Waals surface area contributed by atoms with E-state index in [-0.39, 0.29) is 19.3 Å². The average molecular weight is 216 g/mol. The fourth-order valence-electron chi connectivity index (χ4n) is 2.26. The monoisotopic (exact) mass is 216 g/mol. The molecular formula is C12H24O3. The highest BCUT2D eigenvalue weighted by atomic mass is 16.5. The summed E-state index contributed by atoms with van der Waals surface area (Å²) in [4.78, 5) is 0. The van der Waals surface area contributed by atoms with Crippen molar-refractivity contribution in [2.75, 3.05) is 19.8 Å². The zero-order valence-electron chi connectivity index (χ0n) is 9.53. The second-order valence-corrected chi connectivity index (χ2v) is 4.50. The van der Waals surface area contributed by atoms with E-state index in [4.69, 9.17) is 14.9 Å². The molecule has 0 radical (unpaired) electrons. The van der Waals surface area contributed by atoms with Crippen LogP contribution in [0, 0.1) is 5.92 Å². The molecule has 0 aromatic rings. The van der Waals surface area contributed by atoms with E-state index in [2.05, 4.69) is 0 Å². The van der Waals surface area contributed by atoms with Crippen LogP contribution in [0.2, 0.25) is 0 Å². The van der Waals surface area contributed by atoms with E-state index < -0.39 is 0 Å². The third kappa shape index (κ3) is 5.50. The molecule has 90 valence electrons. The van der Waals surface area contributed by atoms with Crippen molar-refractivity contribution in [2.24, 2.45) is 5.92 Å². The zero-order valence-corrected chi connectivity index (χ0v) is 9.53. The minimum absolute atomic E-state index is 0.0834. The summed E-state index contributed by atoms with van der Waals surface area (Å²) in [5.74, 6) is 0.893. The fourth-order valence-corrected chi connectivity index (χ4v) is 2.26. The molecule has 0 aromatic heterocycles. The van der Waals surface area contributed by atoms with Gasteiger partial charge in [-0.2, -0.15) is 0 Å². The third-order valence-corrected chi connectivity index (χ3v) is 3.24. The van der Waals surface area contributed by atoms with Crippen molar-refractivity contribution >= 4 is 0 Å². The molecule has 1 fully saturated rings. The second-order valence-electron chi connectivity index (χ2n) is 4.50. The lowest BCUT2D eigenvalue weighted by atomic mass is 9.86. The van der Waals surface area contributed by atoms with Gasteiger partial charge in [-0.1, -0.05) is 32.1 Å². The summed E-state index contributed by atoms with van der Waals surface area (Å²) in [6.07, 6.45) is 8.86. The predicted octanol–water partition coefficient (Wildman–Crippen LogP) is 1.72. The van der Waals surface area contributed by atoms with Gasteiger partial charge in [-0.15, -0.1) is 0 Å². The first-order valence-electron chi connectivity index (χ1n) is 6.20. The number of aliphatic hydroxyl groups excluding tert-OH is 2. The summed E-state index contributed by atoms with van der Waals surface area (Å²) in [7, 11) is 0. The van der Waals surface area contributed by atoms with Crippen molar-refractivity contribution in [1.82, 2.24) is 0 Å². The Morgan fingerprint density at radius 1 is 1.07 bits per heavy atom. The van der Waals surface area contributed by atoms with Crippen LogP contribution < -0.4 is 0 Å². The highest BCUT2D eigenvalue weighted by Gasteiger charge is 2.13. The molecule has 0 atom stereocenters. The summed E-state index contributed by atoms with van der Waals surface area (Å²) < 4.78 is 5.33. The molecule has 1 aliphatic rings. The molecule has 0 amide bonds. The van der Waals surface area contributed by atoms with Crippen LogP contribution in [0.25, 0.3) is 0 Å². The fraction of sp³-hybridized carbons (Fsp3) is 1.00. The quantitative estimate of drug-likeness (QED) is 0.637.